The van der Waals surface area contributed by atoms with E-state index in [1.165, 1.54) is 0 Å². The summed E-state index contributed by atoms with van der Waals surface area (Å²) in [6.45, 7) is 22.2. The van der Waals surface area contributed by atoms with Crippen LogP contribution in [0.1, 0.15) is 93.2 Å². The van der Waals surface area contributed by atoms with E-state index in [2.05, 4.69) is 74.4 Å². The lowest BCUT2D eigenvalue weighted by molar-refractivity contribution is -0.156. The van der Waals surface area contributed by atoms with Gasteiger partial charge in [0, 0.05) is 24.1 Å². The van der Waals surface area contributed by atoms with Crippen LogP contribution in [0.5, 0.6) is 11.5 Å². The average Bonchev–Trinajstić information content (AvgIpc) is 2.64. The molecule has 5 heteroatoms. The van der Waals surface area contributed by atoms with Crippen LogP contribution in [0.2, 0.25) is 0 Å². The maximum atomic E-state index is 12.7. The Kier molecular flexibility index (Phi) is 9.24. The summed E-state index contributed by atoms with van der Waals surface area (Å²) in [5, 5.41) is 0. The molecule has 0 saturated heterocycles. The fraction of sp³-hybridized carbons (Fsp3) is 0.741. The van der Waals surface area contributed by atoms with Crippen molar-refractivity contribution in [2.45, 2.75) is 92.9 Å². The standard InChI is InChI=1S/C27H47NO4/c1-24(2,3)17-27(10,18-28)23(29)32-14-12-13-31-22-16-19(25(4,5)6)21(30-11)15-20(22)26(7,8)9/h15-16H,12-14,17-18,28H2,1-11H3. The van der Waals surface area contributed by atoms with Crippen LogP contribution >= 0.6 is 0 Å². The summed E-state index contributed by atoms with van der Waals surface area (Å²) in [6, 6.07) is 4.19. The summed E-state index contributed by atoms with van der Waals surface area (Å²) in [5.41, 5.74) is 7.28. The SMILES string of the molecule is COc1cc(C(C)(C)C)c(OCCCOC(=O)C(C)(CN)CC(C)(C)C)cc1C(C)(C)C. The van der Waals surface area contributed by atoms with Gasteiger partial charge in [0.2, 0.25) is 0 Å². The van der Waals surface area contributed by atoms with E-state index >= 15 is 0 Å². The van der Waals surface area contributed by atoms with E-state index in [9.17, 15) is 4.79 Å². The molecule has 0 fully saturated rings. The van der Waals surface area contributed by atoms with Gasteiger partial charge >= 0.3 is 5.97 Å². The first-order valence-corrected chi connectivity index (χ1v) is 11.7. The van der Waals surface area contributed by atoms with Gasteiger partial charge in [-0.2, -0.15) is 0 Å². The maximum absolute atomic E-state index is 12.7. The highest BCUT2D eigenvalue weighted by atomic mass is 16.5. The Morgan fingerprint density at radius 1 is 0.844 bits per heavy atom. The molecule has 0 aliphatic heterocycles. The van der Waals surface area contributed by atoms with Crippen LogP contribution in [0, 0.1) is 10.8 Å². The van der Waals surface area contributed by atoms with Crippen molar-refractivity contribution in [1.82, 2.24) is 0 Å². The van der Waals surface area contributed by atoms with E-state index in [1.54, 1.807) is 7.11 Å². The van der Waals surface area contributed by atoms with Gasteiger partial charge < -0.3 is 19.9 Å². The number of nitrogens with two attached hydrogens (primary N) is 1. The molecule has 1 aromatic carbocycles. The topological polar surface area (TPSA) is 70.8 Å². The van der Waals surface area contributed by atoms with Crippen molar-refractivity contribution in [3.05, 3.63) is 23.3 Å². The zero-order valence-corrected chi connectivity index (χ0v) is 22.4. The van der Waals surface area contributed by atoms with Crippen LogP contribution < -0.4 is 15.2 Å². The zero-order valence-electron chi connectivity index (χ0n) is 22.4. The van der Waals surface area contributed by atoms with Gasteiger partial charge in [-0.25, -0.2) is 0 Å². The van der Waals surface area contributed by atoms with Crippen LogP contribution in [0.15, 0.2) is 12.1 Å². The molecular formula is C27H47NO4. The molecule has 0 radical (unpaired) electrons. The minimum atomic E-state index is -0.671. The first-order valence-electron chi connectivity index (χ1n) is 11.7. The number of rotatable bonds is 9. The number of ether oxygens (including phenoxy) is 3. The van der Waals surface area contributed by atoms with Crippen molar-refractivity contribution in [1.29, 1.82) is 0 Å². The van der Waals surface area contributed by atoms with Crippen LogP contribution in [0.25, 0.3) is 0 Å². The van der Waals surface area contributed by atoms with Crippen LogP contribution in [0.3, 0.4) is 0 Å². The van der Waals surface area contributed by atoms with Gasteiger partial charge in [0.15, 0.2) is 0 Å². The van der Waals surface area contributed by atoms with Gasteiger partial charge in [0.1, 0.15) is 11.5 Å². The molecule has 0 aliphatic carbocycles. The second-order valence-electron chi connectivity index (χ2n) is 12.4. The highest BCUT2D eigenvalue weighted by Gasteiger charge is 2.37. The Hall–Kier alpha value is -1.75. The largest absolute Gasteiger partial charge is 0.496 e. The van der Waals surface area contributed by atoms with E-state index in [0.29, 0.717) is 26.1 Å². The second kappa shape index (κ2) is 10.5. The molecule has 1 aromatic rings. The number of methoxy groups -OCH3 is 1. The predicted octanol–water partition coefficient (Wildman–Crippen LogP) is 6.00. The van der Waals surface area contributed by atoms with Crippen molar-refractivity contribution >= 4 is 5.97 Å². The molecule has 0 bridgehead atoms. The summed E-state index contributed by atoms with van der Waals surface area (Å²) < 4.78 is 17.5. The first-order chi connectivity index (χ1) is 14.4. The van der Waals surface area contributed by atoms with Crippen LogP contribution in [-0.4, -0.2) is 32.8 Å². The third kappa shape index (κ3) is 7.99. The van der Waals surface area contributed by atoms with E-state index in [4.69, 9.17) is 19.9 Å². The molecule has 0 spiro atoms. The number of benzene rings is 1. The smallest absolute Gasteiger partial charge is 0.313 e. The van der Waals surface area contributed by atoms with Crippen LogP contribution in [0.4, 0.5) is 0 Å². The number of hydrogen-bond donors (Lipinski definition) is 1. The molecule has 0 aliphatic rings. The number of carbonyl (C=O) groups excluding carboxylic acids is 1. The van der Waals surface area contributed by atoms with Gasteiger partial charge in [-0.3, -0.25) is 4.79 Å². The molecule has 32 heavy (non-hydrogen) atoms. The van der Waals surface area contributed by atoms with Crippen molar-refractivity contribution in [3.8, 4) is 11.5 Å². The van der Waals surface area contributed by atoms with Crippen molar-refractivity contribution in [2.75, 3.05) is 26.9 Å². The Morgan fingerprint density at radius 2 is 1.34 bits per heavy atom. The van der Waals surface area contributed by atoms with E-state index < -0.39 is 5.41 Å². The Bertz CT molecular complexity index is 766. The summed E-state index contributed by atoms with van der Waals surface area (Å²) >= 11 is 0. The normalized spacial score (nSPS) is 14.6. The fourth-order valence-electron chi connectivity index (χ4n) is 4.00. The Labute approximate surface area is 196 Å². The number of hydrogen-bond acceptors (Lipinski definition) is 5. The lowest BCUT2D eigenvalue weighted by Gasteiger charge is -2.32. The summed E-state index contributed by atoms with van der Waals surface area (Å²) in [5.74, 6) is 1.50. The third-order valence-electron chi connectivity index (χ3n) is 5.56. The summed E-state index contributed by atoms with van der Waals surface area (Å²) in [6.07, 6.45) is 1.30. The Morgan fingerprint density at radius 3 is 1.78 bits per heavy atom. The minimum absolute atomic E-state index is 0.00125. The van der Waals surface area contributed by atoms with E-state index in [0.717, 1.165) is 22.6 Å². The van der Waals surface area contributed by atoms with E-state index in [1.807, 2.05) is 6.92 Å². The molecule has 1 unspecified atom stereocenters. The van der Waals surface area contributed by atoms with Gasteiger partial charge in [-0.05, 0) is 41.7 Å². The molecule has 0 saturated carbocycles. The first kappa shape index (κ1) is 28.3. The van der Waals surface area contributed by atoms with Crippen molar-refractivity contribution in [2.24, 2.45) is 16.6 Å². The Balaban J connectivity index is 2.87. The summed E-state index contributed by atoms with van der Waals surface area (Å²) in [4.78, 5) is 12.7. The maximum Gasteiger partial charge on any atom is 0.313 e. The lowest BCUT2D eigenvalue weighted by atomic mass is 9.75. The monoisotopic (exact) mass is 449 g/mol. The van der Waals surface area contributed by atoms with Gasteiger partial charge in [-0.15, -0.1) is 0 Å². The quantitative estimate of drug-likeness (QED) is 0.370. The second-order valence-corrected chi connectivity index (χ2v) is 12.4. The highest BCUT2D eigenvalue weighted by molar-refractivity contribution is 5.76. The fourth-order valence-corrected chi connectivity index (χ4v) is 4.00. The van der Waals surface area contributed by atoms with Gasteiger partial charge in [0.05, 0.1) is 25.7 Å². The van der Waals surface area contributed by atoms with Gasteiger partial charge in [-0.1, -0.05) is 62.3 Å². The number of esters is 1. The molecule has 0 amide bonds. The molecule has 5 nitrogen and oxygen atoms in total. The van der Waals surface area contributed by atoms with Crippen LogP contribution in [-0.2, 0) is 20.4 Å². The predicted molar refractivity (Wildman–Crippen MR) is 133 cm³/mol. The van der Waals surface area contributed by atoms with Gasteiger partial charge in [0.25, 0.3) is 0 Å². The third-order valence-corrected chi connectivity index (χ3v) is 5.56. The average molecular weight is 450 g/mol. The molecular weight excluding hydrogens is 402 g/mol. The lowest BCUT2D eigenvalue weighted by Crippen LogP contribution is -2.40. The number of carbonyl (C=O) groups is 1. The molecule has 184 valence electrons. The van der Waals surface area contributed by atoms with E-state index in [-0.39, 0.29) is 28.8 Å². The molecule has 1 rings (SSSR count). The van der Waals surface area contributed by atoms with Crippen molar-refractivity contribution < 1.29 is 19.0 Å². The zero-order chi connectivity index (χ0) is 25.0. The molecule has 2 N–H and O–H groups in total. The molecule has 0 aromatic heterocycles. The minimum Gasteiger partial charge on any atom is -0.496 e. The molecule has 1 atom stereocenters. The molecule has 0 heterocycles. The highest BCUT2D eigenvalue weighted by Crippen LogP contribution is 2.41. The summed E-state index contributed by atoms with van der Waals surface area (Å²) in [7, 11) is 1.71. The van der Waals surface area contributed by atoms with Crippen molar-refractivity contribution in [3.63, 3.8) is 0 Å².